The summed E-state index contributed by atoms with van der Waals surface area (Å²) in [5.74, 6) is -1.16. The van der Waals surface area contributed by atoms with Crippen LogP contribution in [0.4, 0.5) is 0 Å². The molecule has 1 fully saturated rings. The minimum Gasteiger partial charge on any atom is -0.462 e. The molecule has 0 amide bonds. The maximum absolute atomic E-state index is 12.4. The first-order valence-electron chi connectivity index (χ1n) is 11.8. The van der Waals surface area contributed by atoms with Crippen molar-refractivity contribution in [2.75, 3.05) is 13.2 Å². The third kappa shape index (κ3) is 11.2. The number of hydrogen-bond acceptors (Lipinski definition) is 12. The molecule has 0 bridgehead atoms. The van der Waals surface area contributed by atoms with Crippen molar-refractivity contribution in [2.45, 2.75) is 108 Å². The van der Waals surface area contributed by atoms with Gasteiger partial charge in [0.15, 0.2) is 6.10 Å². The molecule has 0 aromatic carbocycles. The van der Waals surface area contributed by atoms with Crippen LogP contribution in [0.15, 0.2) is 0 Å². The number of hydrogen-bond donors (Lipinski definition) is 6. The zero-order valence-electron chi connectivity index (χ0n) is 20.1. The highest BCUT2D eigenvalue weighted by molar-refractivity contribution is 7.47. The molecule has 1 aliphatic carbocycles. The predicted octanol–water partition coefficient (Wildman–Crippen LogP) is -0.0777. The van der Waals surface area contributed by atoms with Crippen LogP contribution in [-0.4, -0.2) is 98.3 Å². The predicted molar refractivity (Wildman–Crippen MR) is 120 cm³/mol. The first-order valence-corrected chi connectivity index (χ1v) is 13.3. The molecule has 0 spiro atoms. The molecule has 4 unspecified atom stereocenters. The largest absolute Gasteiger partial charge is 0.472 e. The first-order chi connectivity index (χ1) is 16.4. The number of esters is 2. The molecule has 35 heavy (non-hydrogen) atoms. The van der Waals surface area contributed by atoms with E-state index in [2.05, 4.69) is 0 Å². The molecular formula is C21H39O13P. The van der Waals surface area contributed by atoms with Gasteiger partial charge in [0.1, 0.15) is 43.2 Å². The minimum absolute atomic E-state index is 0.0840. The number of carbonyl (C=O) groups is 2. The van der Waals surface area contributed by atoms with Crippen LogP contribution in [0.1, 0.15) is 65.2 Å². The van der Waals surface area contributed by atoms with Crippen LogP contribution in [0.2, 0.25) is 0 Å². The number of phosphoric acid groups is 1. The molecule has 6 N–H and O–H groups in total. The number of phosphoric ester groups is 1. The zero-order chi connectivity index (χ0) is 26.6. The van der Waals surface area contributed by atoms with Crippen molar-refractivity contribution in [3.8, 4) is 0 Å². The Morgan fingerprint density at radius 2 is 1.26 bits per heavy atom. The molecular weight excluding hydrogens is 491 g/mol. The van der Waals surface area contributed by atoms with Gasteiger partial charge in [-0.1, -0.05) is 39.5 Å². The second-order valence-corrected chi connectivity index (χ2v) is 9.90. The summed E-state index contributed by atoms with van der Waals surface area (Å²) in [5.41, 5.74) is 0. The van der Waals surface area contributed by atoms with Crippen molar-refractivity contribution in [1.29, 1.82) is 0 Å². The Labute approximate surface area is 204 Å². The van der Waals surface area contributed by atoms with Gasteiger partial charge in [-0.15, -0.1) is 0 Å². The van der Waals surface area contributed by atoms with Crippen molar-refractivity contribution < 1.29 is 63.1 Å². The Morgan fingerprint density at radius 3 is 1.77 bits per heavy atom. The third-order valence-corrected chi connectivity index (χ3v) is 6.43. The minimum atomic E-state index is -5.06. The molecule has 0 aromatic heterocycles. The second kappa shape index (κ2) is 15.9. The number of ether oxygens (including phenoxy) is 2. The Morgan fingerprint density at radius 1 is 0.771 bits per heavy atom. The van der Waals surface area contributed by atoms with Crippen LogP contribution in [0.5, 0.6) is 0 Å². The molecule has 0 heterocycles. The standard InChI is InChI=1S/C21H39O13P/c1-3-5-7-9-14(22)31-11-13(33-15(23)10-8-6-4-2)12-32-35(29,30)34-21-19(27)17(25)16(24)18(26)20(21)28/h13,16-21,24-28H,3-12H2,1-2H3,(H,29,30)/t13?,16?,17-,18+,19+,20-,21?. The van der Waals surface area contributed by atoms with Gasteiger partial charge >= 0.3 is 19.8 Å². The fourth-order valence-electron chi connectivity index (χ4n) is 3.34. The van der Waals surface area contributed by atoms with Crippen molar-refractivity contribution in [3.63, 3.8) is 0 Å². The number of unbranched alkanes of at least 4 members (excludes halogenated alkanes) is 4. The number of rotatable bonds is 16. The molecule has 1 aliphatic rings. The first kappa shape index (κ1) is 31.9. The van der Waals surface area contributed by atoms with Gasteiger partial charge in [-0.25, -0.2) is 4.57 Å². The Kier molecular flexibility index (Phi) is 14.4. The average Bonchev–Trinajstić information content (AvgIpc) is 2.81. The lowest BCUT2D eigenvalue weighted by Gasteiger charge is -2.41. The van der Waals surface area contributed by atoms with E-state index in [4.69, 9.17) is 18.5 Å². The van der Waals surface area contributed by atoms with Gasteiger partial charge in [-0.05, 0) is 12.8 Å². The fourth-order valence-corrected chi connectivity index (χ4v) is 4.31. The third-order valence-electron chi connectivity index (χ3n) is 5.45. The summed E-state index contributed by atoms with van der Waals surface area (Å²) in [5, 5.41) is 49.0. The van der Waals surface area contributed by atoms with E-state index >= 15 is 0 Å². The fraction of sp³-hybridized carbons (Fsp3) is 0.905. The Hall–Kier alpha value is -1.15. The molecule has 8 atom stereocenters. The van der Waals surface area contributed by atoms with Crippen LogP contribution in [0, 0.1) is 0 Å². The molecule has 0 aromatic rings. The summed E-state index contributed by atoms with van der Waals surface area (Å²) in [4.78, 5) is 34.0. The lowest BCUT2D eigenvalue weighted by molar-refractivity contribution is -0.220. The summed E-state index contributed by atoms with van der Waals surface area (Å²) in [6.07, 6.45) is -8.31. The van der Waals surface area contributed by atoms with E-state index in [1.807, 2.05) is 13.8 Å². The molecule has 14 heteroatoms. The molecule has 0 radical (unpaired) electrons. The van der Waals surface area contributed by atoms with Gasteiger partial charge in [-0.3, -0.25) is 18.6 Å². The van der Waals surface area contributed by atoms with E-state index in [1.165, 1.54) is 0 Å². The van der Waals surface area contributed by atoms with Crippen LogP contribution in [0.3, 0.4) is 0 Å². The monoisotopic (exact) mass is 530 g/mol. The highest BCUT2D eigenvalue weighted by Gasteiger charge is 2.51. The Balaban J connectivity index is 2.74. The van der Waals surface area contributed by atoms with Gasteiger partial charge < -0.3 is 39.9 Å². The maximum Gasteiger partial charge on any atom is 0.472 e. The molecule has 0 saturated heterocycles. The zero-order valence-corrected chi connectivity index (χ0v) is 21.0. The van der Waals surface area contributed by atoms with Crippen molar-refractivity contribution in [1.82, 2.24) is 0 Å². The molecule has 1 saturated carbocycles. The lowest BCUT2D eigenvalue weighted by atomic mass is 9.85. The van der Waals surface area contributed by atoms with Gasteiger partial charge in [-0.2, -0.15) is 0 Å². The van der Waals surface area contributed by atoms with E-state index < -0.39 is 75.7 Å². The maximum atomic E-state index is 12.4. The smallest absolute Gasteiger partial charge is 0.462 e. The summed E-state index contributed by atoms with van der Waals surface area (Å²) in [6.45, 7) is 2.75. The van der Waals surface area contributed by atoms with E-state index in [0.29, 0.717) is 12.8 Å². The van der Waals surface area contributed by atoms with E-state index in [9.17, 15) is 44.6 Å². The van der Waals surface area contributed by atoms with Crippen LogP contribution < -0.4 is 0 Å². The summed E-state index contributed by atoms with van der Waals surface area (Å²) < 4.78 is 32.2. The normalized spacial score (nSPS) is 29.3. The quantitative estimate of drug-likeness (QED) is 0.0877. The molecule has 1 rings (SSSR count). The molecule has 13 nitrogen and oxygen atoms in total. The lowest BCUT2D eigenvalue weighted by Crippen LogP contribution is -2.64. The van der Waals surface area contributed by atoms with Crippen molar-refractivity contribution in [3.05, 3.63) is 0 Å². The summed E-state index contributed by atoms with van der Waals surface area (Å²) in [7, 11) is -5.06. The highest BCUT2D eigenvalue weighted by atomic mass is 31.2. The van der Waals surface area contributed by atoms with Crippen LogP contribution >= 0.6 is 7.82 Å². The van der Waals surface area contributed by atoms with Crippen LogP contribution in [0.25, 0.3) is 0 Å². The SMILES string of the molecule is CCCCCC(=O)OCC(COP(=O)(O)OC1[C@@H](O)[C@H](O)C(O)[C@H](O)[C@H]1O)OC(=O)CCCCC. The van der Waals surface area contributed by atoms with E-state index in [-0.39, 0.29) is 12.8 Å². The number of carbonyl (C=O) groups excluding carboxylic acids is 2. The second-order valence-electron chi connectivity index (χ2n) is 8.50. The van der Waals surface area contributed by atoms with Gasteiger partial charge in [0.25, 0.3) is 0 Å². The topological polar surface area (TPSA) is 210 Å². The van der Waals surface area contributed by atoms with Crippen LogP contribution in [-0.2, 0) is 32.7 Å². The highest BCUT2D eigenvalue weighted by Crippen LogP contribution is 2.47. The van der Waals surface area contributed by atoms with Crippen molar-refractivity contribution >= 4 is 19.8 Å². The Bertz CT molecular complexity index is 674. The molecule has 0 aliphatic heterocycles. The van der Waals surface area contributed by atoms with Gasteiger partial charge in [0, 0.05) is 12.8 Å². The van der Waals surface area contributed by atoms with Gasteiger partial charge in [0.05, 0.1) is 6.61 Å². The molecule has 206 valence electrons. The summed E-state index contributed by atoms with van der Waals surface area (Å²) in [6, 6.07) is 0. The number of aliphatic hydroxyl groups excluding tert-OH is 5. The van der Waals surface area contributed by atoms with Crippen molar-refractivity contribution in [2.24, 2.45) is 0 Å². The van der Waals surface area contributed by atoms with Gasteiger partial charge in [0.2, 0.25) is 0 Å². The summed E-state index contributed by atoms with van der Waals surface area (Å²) >= 11 is 0. The van der Waals surface area contributed by atoms with E-state index in [0.717, 1.165) is 25.7 Å². The van der Waals surface area contributed by atoms with E-state index in [1.54, 1.807) is 0 Å². The average molecular weight is 531 g/mol. The number of aliphatic hydroxyl groups is 5.